The molecule has 90 valence electrons. The first-order valence-electron chi connectivity index (χ1n) is 5.33. The lowest BCUT2D eigenvalue weighted by Crippen LogP contribution is -1.98. The first-order valence-corrected chi connectivity index (χ1v) is 6.92. The standard InChI is InChI=1S/C12H8Br2N4/c13-9-5-10(14)18-12(17-9)6-11-15-7-3-1-2-4-8(7)16-11/h1-5H,6H2,(H,15,16). The Kier molecular flexibility index (Phi) is 3.13. The van der Waals surface area contributed by atoms with Gasteiger partial charge in [0.1, 0.15) is 20.9 Å². The van der Waals surface area contributed by atoms with Crippen molar-refractivity contribution in [2.24, 2.45) is 0 Å². The molecule has 18 heavy (non-hydrogen) atoms. The fourth-order valence-corrected chi connectivity index (χ4v) is 2.90. The Morgan fingerprint density at radius 2 is 1.72 bits per heavy atom. The van der Waals surface area contributed by atoms with Crippen LogP contribution in [-0.4, -0.2) is 19.9 Å². The largest absolute Gasteiger partial charge is 0.342 e. The van der Waals surface area contributed by atoms with E-state index in [2.05, 4.69) is 51.8 Å². The maximum atomic E-state index is 4.50. The smallest absolute Gasteiger partial charge is 0.138 e. The molecule has 0 saturated heterocycles. The number of hydrogen-bond acceptors (Lipinski definition) is 3. The number of para-hydroxylation sites is 2. The Balaban J connectivity index is 1.96. The molecule has 1 aromatic carbocycles. The molecule has 0 spiro atoms. The van der Waals surface area contributed by atoms with Gasteiger partial charge in [0.05, 0.1) is 17.5 Å². The highest BCUT2D eigenvalue weighted by molar-refractivity contribution is 9.11. The lowest BCUT2D eigenvalue weighted by atomic mass is 10.3. The molecule has 4 nitrogen and oxygen atoms in total. The lowest BCUT2D eigenvalue weighted by Gasteiger charge is -1.99. The molecule has 0 aliphatic carbocycles. The van der Waals surface area contributed by atoms with Gasteiger partial charge in [-0.3, -0.25) is 0 Å². The van der Waals surface area contributed by atoms with Crippen molar-refractivity contribution in [3.63, 3.8) is 0 Å². The number of imidazole rings is 1. The minimum Gasteiger partial charge on any atom is -0.342 e. The van der Waals surface area contributed by atoms with Crippen molar-refractivity contribution in [2.45, 2.75) is 6.42 Å². The highest BCUT2D eigenvalue weighted by atomic mass is 79.9. The average molecular weight is 368 g/mol. The Labute approximate surface area is 120 Å². The molecule has 6 heteroatoms. The first-order chi connectivity index (χ1) is 8.70. The maximum absolute atomic E-state index is 4.50. The van der Waals surface area contributed by atoms with Gasteiger partial charge in [0, 0.05) is 6.07 Å². The average Bonchev–Trinajstić information content (AvgIpc) is 2.69. The zero-order chi connectivity index (χ0) is 12.5. The fourth-order valence-electron chi connectivity index (χ4n) is 1.75. The molecular weight excluding hydrogens is 360 g/mol. The van der Waals surface area contributed by atoms with Crippen LogP contribution in [0.25, 0.3) is 11.0 Å². The van der Waals surface area contributed by atoms with Gasteiger partial charge in [-0.1, -0.05) is 12.1 Å². The number of H-pyrrole nitrogens is 1. The van der Waals surface area contributed by atoms with Crippen LogP contribution < -0.4 is 0 Å². The summed E-state index contributed by atoms with van der Waals surface area (Å²) in [6.07, 6.45) is 0.576. The zero-order valence-electron chi connectivity index (χ0n) is 9.19. The number of aromatic amines is 1. The van der Waals surface area contributed by atoms with Gasteiger partial charge in [-0.05, 0) is 44.0 Å². The minimum absolute atomic E-state index is 0.576. The normalized spacial score (nSPS) is 11.0. The van der Waals surface area contributed by atoms with E-state index < -0.39 is 0 Å². The van der Waals surface area contributed by atoms with Gasteiger partial charge in [0.15, 0.2) is 0 Å². The molecule has 0 aliphatic heterocycles. The van der Waals surface area contributed by atoms with Crippen LogP contribution in [0, 0.1) is 0 Å². The lowest BCUT2D eigenvalue weighted by molar-refractivity contribution is 0.899. The number of nitrogens with zero attached hydrogens (tertiary/aromatic N) is 3. The third-order valence-electron chi connectivity index (χ3n) is 2.47. The first kappa shape index (κ1) is 11.8. The topological polar surface area (TPSA) is 54.5 Å². The molecule has 1 N–H and O–H groups in total. The van der Waals surface area contributed by atoms with E-state index in [0.717, 1.165) is 31.9 Å². The Morgan fingerprint density at radius 3 is 2.44 bits per heavy atom. The summed E-state index contributed by atoms with van der Waals surface area (Å²) in [7, 11) is 0. The van der Waals surface area contributed by atoms with Crippen LogP contribution in [0.3, 0.4) is 0 Å². The van der Waals surface area contributed by atoms with E-state index in [1.165, 1.54) is 0 Å². The van der Waals surface area contributed by atoms with E-state index >= 15 is 0 Å². The molecule has 0 radical (unpaired) electrons. The van der Waals surface area contributed by atoms with Crippen LogP contribution in [0.1, 0.15) is 11.6 Å². The second-order valence-corrected chi connectivity index (χ2v) is 5.43. The number of nitrogens with one attached hydrogen (secondary N) is 1. The molecule has 0 bridgehead atoms. The van der Waals surface area contributed by atoms with Gasteiger partial charge >= 0.3 is 0 Å². The molecule has 2 aromatic heterocycles. The van der Waals surface area contributed by atoms with Gasteiger partial charge < -0.3 is 4.98 Å². The number of halogens is 2. The second kappa shape index (κ2) is 4.78. The summed E-state index contributed by atoms with van der Waals surface area (Å²) in [4.78, 5) is 16.4. The van der Waals surface area contributed by atoms with E-state index in [-0.39, 0.29) is 0 Å². The molecule has 0 amide bonds. The van der Waals surface area contributed by atoms with E-state index in [4.69, 9.17) is 0 Å². The van der Waals surface area contributed by atoms with Crippen LogP contribution in [0.4, 0.5) is 0 Å². The summed E-state index contributed by atoms with van der Waals surface area (Å²) in [6.45, 7) is 0. The predicted octanol–water partition coefficient (Wildman–Crippen LogP) is 3.47. The highest BCUT2D eigenvalue weighted by Crippen LogP contribution is 2.16. The Bertz CT molecular complexity index is 655. The van der Waals surface area contributed by atoms with E-state index in [1.54, 1.807) is 0 Å². The van der Waals surface area contributed by atoms with Gasteiger partial charge in [-0.15, -0.1) is 0 Å². The zero-order valence-corrected chi connectivity index (χ0v) is 12.4. The van der Waals surface area contributed by atoms with E-state index in [0.29, 0.717) is 6.42 Å². The van der Waals surface area contributed by atoms with Gasteiger partial charge in [0.25, 0.3) is 0 Å². The van der Waals surface area contributed by atoms with Crippen LogP contribution >= 0.6 is 31.9 Å². The summed E-state index contributed by atoms with van der Waals surface area (Å²) in [5, 5.41) is 0. The molecule has 0 aliphatic rings. The van der Waals surface area contributed by atoms with Crippen molar-refractivity contribution in [1.29, 1.82) is 0 Å². The molecule has 0 saturated carbocycles. The number of hydrogen-bond donors (Lipinski definition) is 1. The Morgan fingerprint density at radius 1 is 1.00 bits per heavy atom. The summed E-state index contributed by atoms with van der Waals surface area (Å²) in [5.41, 5.74) is 1.99. The molecule has 0 unspecified atom stereocenters. The minimum atomic E-state index is 0.576. The molecule has 2 heterocycles. The fraction of sp³-hybridized carbons (Fsp3) is 0.0833. The van der Waals surface area contributed by atoms with Crippen LogP contribution in [0.5, 0.6) is 0 Å². The molecular formula is C12H8Br2N4. The van der Waals surface area contributed by atoms with Gasteiger partial charge in [-0.25, -0.2) is 15.0 Å². The number of rotatable bonds is 2. The van der Waals surface area contributed by atoms with Crippen molar-refractivity contribution in [1.82, 2.24) is 19.9 Å². The van der Waals surface area contributed by atoms with Gasteiger partial charge in [0.2, 0.25) is 0 Å². The molecule has 3 aromatic rings. The quantitative estimate of drug-likeness (QED) is 0.705. The van der Waals surface area contributed by atoms with Crippen LogP contribution in [-0.2, 0) is 6.42 Å². The number of fused-ring (bicyclic) bond motifs is 1. The summed E-state index contributed by atoms with van der Waals surface area (Å²) >= 11 is 6.70. The van der Waals surface area contributed by atoms with Crippen LogP contribution in [0.2, 0.25) is 0 Å². The van der Waals surface area contributed by atoms with E-state index in [9.17, 15) is 0 Å². The third-order valence-corrected chi connectivity index (χ3v) is 3.29. The summed E-state index contributed by atoms with van der Waals surface area (Å²) in [5.74, 6) is 1.58. The third kappa shape index (κ3) is 2.44. The summed E-state index contributed by atoms with van der Waals surface area (Å²) < 4.78 is 1.52. The van der Waals surface area contributed by atoms with Crippen molar-refractivity contribution in [2.75, 3.05) is 0 Å². The monoisotopic (exact) mass is 366 g/mol. The highest BCUT2D eigenvalue weighted by Gasteiger charge is 2.07. The number of benzene rings is 1. The van der Waals surface area contributed by atoms with Crippen LogP contribution in [0.15, 0.2) is 39.5 Å². The molecule has 0 fully saturated rings. The van der Waals surface area contributed by atoms with Gasteiger partial charge in [-0.2, -0.15) is 0 Å². The maximum Gasteiger partial charge on any atom is 0.138 e. The summed E-state index contributed by atoms with van der Waals surface area (Å²) in [6, 6.07) is 9.74. The number of aromatic nitrogens is 4. The molecule has 0 atom stereocenters. The SMILES string of the molecule is Brc1cc(Br)nc(Cc2nc3ccccc3[nH]2)n1. The Hall–Kier alpha value is -1.27. The van der Waals surface area contributed by atoms with Crippen molar-refractivity contribution in [3.05, 3.63) is 51.2 Å². The second-order valence-electron chi connectivity index (χ2n) is 3.81. The van der Waals surface area contributed by atoms with Crippen molar-refractivity contribution < 1.29 is 0 Å². The van der Waals surface area contributed by atoms with E-state index in [1.807, 2.05) is 30.3 Å². The predicted molar refractivity (Wildman–Crippen MR) is 76.3 cm³/mol. The molecule has 3 rings (SSSR count). The van der Waals surface area contributed by atoms with Crippen molar-refractivity contribution >= 4 is 42.9 Å². The van der Waals surface area contributed by atoms with Crippen molar-refractivity contribution in [3.8, 4) is 0 Å².